The van der Waals surface area contributed by atoms with Crippen molar-refractivity contribution in [1.29, 1.82) is 0 Å². The molecule has 0 fully saturated rings. The van der Waals surface area contributed by atoms with E-state index in [1.807, 2.05) is 42.5 Å². The molecule has 6 heteroatoms. The minimum absolute atomic E-state index is 0.503. The van der Waals surface area contributed by atoms with Crippen LogP contribution in [0, 0.1) is 0 Å². The van der Waals surface area contributed by atoms with E-state index in [1.54, 1.807) is 34.1 Å². The van der Waals surface area contributed by atoms with Gasteiger partial charge in [-0.15, -0.1) is 0 Å². The van der Waals surface area contributed by atoms with E-state index < -0.39 is 11.7 Å². The van der Waals surface area contributed by atoms with E-state index in [4.69, 9.17) is 14.2 Å². The summed E-state index contributed by atoms with van der Waals surface area (Å²) in [6.45, 7) is 4.11. The number of amides is 1. The summed E-state index contributed by atoms with van der Waals surface area (Å²) in [5, 5.41) is 0. The summed E-state index contributed by atoms with van der Waals surface area (Å²) < 4.78 is 16.1. The van der Waals surface area contributed by atoms with Crippen LogP contribution in [-0.4, -0.2) is 20.3 Å². The Bertz CT molecular complexity index is 680. The van der Waals surface area contributed by atoms with Crippen LogP contribution in [0.4, 0.5) is 4.79 Å². The molecule has 0 heterocycles. The van der Waals surface area contributed by atoms with Crippen molar-refractivity contribution in [2.75, 3.05) is 14.2 Å². The molecule has 2 rings (SSSR count). The molecule has 0 aliphatic rings. The maximum atomic E-state index is 12.1. The number of hydrogen-bond donors (Lipinski definition) is 2. The molecule has 1 amide bonds. The number of nitrogens with one attached hydrogen (secondary N) is 2. The van der Waals surface area contributed by atoms with E-state index in [0.29, 0.717) is 18.0 Å². The van der Waals surface area contributed by atoms with Crippen molar-refractivity contribution in [2.24, 2.45) is 0 Å². The van der Waals surface area contributed by atoms with Gasteiger partial charge in [-0.05, 0) is 31.5 Å². The van der Waals surface area contributed by atoms with Crippen molar-refractivity contribution in [1.82, 2.24) is 10.9 Å². The lowest BCUT2D eigenvalue weighted by Crippen LogP contribution is -2.40. The van der Waals surface area contributed by atoms with Crippen molar-refractivity contribution < 1.29 is 19.0 Å². The lowest BCUT2D eigenvalue weighted by molar-refractivity contribution is 0.0333. The van der Waals surface area contributed by atoms with Crippen molar-refractivity contribution in [3.8, 4) is 11.5 Å². The van der Waals surface area contributed by atoms with Gasteiger partial charge in [-0.2, -0.15) is 0 Å². The van der Waals surface area contributed by atoms with Gasteiger partial charge in [-0.25, -0.2) is 10.2 Å². The first-order chi connectivity index (χ1) is 11.9. The molecule has 0 spiro atoms. The standard InChI is InChI=1S/C19H24N2O4/c1-19(2,15-10-16(23-3)12-17(11-15)24-4)25-18(22)21-20-13-14-8-6-5-7-9-14/h5-12,20H,13H2,1-4H3,(H,21,22). The van der Waals surface area contributed by atoms with Gasteiger partial charge in [-0.1, -0.05) is 30.3 Å². The van der Waals surface area contributed by atoms with Gasteiger partial charge in [0.1, 0.15) is 17.1 Å². The van der Waals surface area contributed by atoms with Crippen LogP contribution in [0.25, 0.3) is 0 Å². The summed E-state index contributed by atoms with van der Waals surface area (Å²) in [6.07, 6.45) is -0.567. The Morgan fingerprint density at radius 2 is 1.60 bits per heavy atom. The first-order valence-corrected chi connectivity index (χ1v) is 7.94. The predicted octanol–water partition coefficient (Wildman–Crippen LogP) is 3.37. The lowest BCUT2D eigenvalue weighted by Gasteiger charge is -2.26. The first kappa shape index (κ1) is 18.6. The van der Waals surface area contributed by atoms with Gasteiger partial charge >= 0.3 is 6.09 Å². The molecule has 0 unspecified atom stereocenters. The molecule has 2 N–H and O–H groups in total. The number of benzene rings is 2. The summed E-state index contributed by atoms with van der Waals surface area (Å²) >= 11 is 0. The first-order valence-electron chi connectivity index (χ1n) is 7.94. The Labute approximate surface area is 148 Å². The molecule has 0 saturated carbocycles. The number of hydrogen-bond acceptors (Lipinski definition) is 5. The molecule has 0 atom stereocenters. The largest absolute Gasteiger partial charge is 0.497 e. The summed E-state index contributed by atoms with van der Waals surface area (Å²) in [5.74, 6) is 1.27. The number of carbonyl (C=O) groups excluding carboxylic acids is 1. The molecule has 0 aromatic heterocycles. The average molecular weight is 344 g/mol. The fourth-order valence-corrected chi connectivity index (χ4v) is 2.29. The normalized spacial score (nSPS) is 10.9. The zero-order chi connectivity index (χ0) is 18.3. The second kappa shape index (κ2) is 8.39. The third kappa shape index (κ3) is 5.39. The fourth-order valence-electron chi connectivity index (χ4n) is 2.29. The number of hydrazine groups is 1. The maximum Gasteiger partial charge on any atom is 0.422 e. The highest BCUT2D eigenvalue weighted by atomic mass is 16.6. The minimum Gasteiger partial charge on any atom is -0.497 e. The van der Waals surface area contributed by atoms with E-state index >= 15 is 0 Å². The van der Waals surface area contributed by atoms with Crippen LogP contribution >= 0.6 is 0 Å². The fraction of sp³-hybridized carbons (Fsp3) is 0.316. The van der Waals surface area contributed by atoms with E-state index in [-0.39, 0.29) is 0 Å². The highest BCUT2D eigenvalue weighted by molar-refractivity contribution is 5.67. The van der Waals surface area contributed by atoms with Crippen LogP contribution in [0.2, 0.25) is 0 Å². The maximum absolute atomic E-state index is 12.1. The summed E-state index contributed by atoms with van der Waals surface area (Å²) in [6, 6.07) is 15.1. The van der Waals surface area contributed by atoms with Crippen LogP contribution in [0.1, 0.15) is 25.0 Å². The Morgan fingerprint density at radius 1 is 1.00 bits per heavy atom. The third-order valence-electron chi connectivity index (χ3n) is 3.72. The Hall–Kier alpha value is -2.73. The zero-order valence-electron chi connectivity index (χ0n) is 15.0. The molecule has 0 radical (unpaired) electrons. The Balaban J connectivity index is 1.96. The molecule has 6 nitrogen and oxygen atoms in total. The van der Waals surface area contributed by atoms with Gasteiger partial charge < -0.3 is 14.2 Å². The third-order valence-corrected chi connectivity index (χ3v) is 3.72. The Morgan fingerprint density at radius 3 is 2.16 bits per heavy atom. The summed E-state index contributed by atoms with van der Waals surface area (Å²) in [7, 11) is 3.15. The van der Waals surface area contributed by atoms with Gasteiger partial charge in [0, 0.05) is 18.2 Å². The molecule has 25 heavy (non-hydrogen) atoms. The van der Waals surface area contributed by atoms with Crippen LogP contribution < -0.4 is 20.3 Å². The molecule has 0 saturated heterocycles. The van der Waals surface area contributed by atoms with Gasteiger partial charge in [0.15, 0.2) is 0 Å². The highest BCUT2D eigenvalue weighted by Gasteiger charge is 2.26. The van der Waals surface area contributed by atoms with Crippen LogP contribution in [0.15, 0.2) is 48.5 Å². The highest BCUT2D eigenvalue weighted by Crippen LogP contribution is 2.32. The van der Waals surface area contributed by atoms with Crippen molar-refractivity contribution >= 4 is 6.09 Å². The molecular weight excluding hydrogens is 320 g/mol. The smallest absolute Gasteiger partial charge is 0.422 e. The monoisotopic (exact) mass is 344 g/mol. The lowest BCUT2D eigenvalue weighted by atomic mass is 9.97. The van der Waals surface area contributed by atoms with Crippen molar-refractivity contribution in [3.05, 3.63) is 59.7 Å². The molecule has 134 valence electrons. The summed E-state index contributed by atoms with van der Waals surface area (Å²) in [5.41, 5.74) is 6.35. The minimum atomic E-state index is -0.861. The van der Waals surface area contributed by atoms with Crippen molar-refractivity contribution in [2.45, 2.75) is 26.0 Å². The van der Waals surface area contributed by atoms with Crippen LogP contribution in [-0.2, 0) is 16.9 Å². The quantitative estimate of drug-likeness (QED) is 0.754. The number of rotatable bonds is 7. The second-order valence-corrected chi connectivity index (χ2v) is 5.97. The molecule has 2 aromatic rings. The van der Waals surface area contributed by atoms with Gasteiger partial charge in [0.25, 0.3) is 0 Å². The summed E-state index contributed by atoms with van der Waals surface area (Å²) in [4.78, 5) is 12.1. The van der Waals surface area contributed by atoms with Crippen LogP contribution in [0.3, 0.4) is 0 Å². The van der Waals surface area contributed by atoms with E-state index in [9.17, 15) is 4.79 Å². The predicted molar refractivity (Wildman–Crippen MR) is 95.5 cm³/mol. The van der Waals surface area contributed by atoms with E-state index in [2.05, 4.69) is 10.9 Å². The molecular formula is C19H24N2O4. The molecule has 0 bridgehead atoms. The number of ether oxygens (including phenoxy) is 3. The average Bonchev–Trinajstić information content (AvgIpc) is 2.61. The SMILES string of the molecule is COc1cc(OC)cc(C(C)(C)OC(=O)NNCc2ccccc2)c1. The Kier molecular flexibility index (Phi) is 6.25. The number of methoxy groups -OCH3 is 2. The topological polar surface area (TPSA) is 68.8 Å². The molecule has 0 aliphatic heterocycles. The number of carbonyl (C=O) groups is 1. The van der Waals surface area contributed by atoms with Gasteiger partial charge in [-0.3, -0.25) is 5.43 Å². The van der Waals surface area contributed by atoms with Crippen LogP contribution in [0.5, 0.6) is 11.5 Å². The second-order valence-electron chi connectivity index (χ2n) is 5.97. The van der Waals surface area contributed by atoms with E-state index in [0.717, 1.165) is 11.1 Å². The molecule has 0 aliphatic carbocycles. The van der Waals surface area contributed by atoms with E-state index in [1.165, 1.54) is 0 Å². The van der Waals surface area contributed by atoms with Crippen molar-refractivity contribution in [3.63, 3.8) is 0 Å². The van der Waals surface area contributed by atoms with Gasteiger partial charge in [0.2, 0.25) is 0 Å². The zero-order valence-corrected chi connectivity index (χ0v) is 15.0. The molecule has 2 aromatic carbocycles. The van der Waals surface area contributed by atoms with Gasteiger partial charge in [0.05, 0.1) is 14.2 Å².